The summed E-state index contributed by atoms with van der Waals surface area (Å²) in [5, 5.41) is 6.05. The molecule has 2 aromatic heterocycles. The van der Waals surface area contributed by atoms with E-state index in [2.05, 4.69) is 10.5 Å². The highest BCUT2D eigenvalue weighted by molar-refractivity contribution is 6.31. The van der Waals surface area contributed by atoms with Crippen molar-refractivity contribution in [1.29, 1.82) is 0 Å². The van der Waals surface area contributed by atoms with E-state index < -0.39 is 0 Å². The van der Waals surface area contributed by atoms with Crippen molar-refractivity contribution in [3.63, 3.8) is 0 Å². The van der Waals surface area contributed by atoms with E-state index in [9.17, 15) is 0 Å². The van der Waals surface area contributed by atoms with Crippen LogP contribution in [-0.2, 0) is 13.5 Å². The lowest BCUT2D eigenvalue weighted by Gasteiger charge is -2.13. The molecule has 0 aliphatic carbocycles. The summed E-state index contributed by atoms with van der Waals surface area (Å²) in [5.74, 6) is 6.48. The molecule has 3 aromatic rings. The predicted octanol–water partition coefficient (Wildman–Crippen LogP) is 2.88. The fourth-order valence-electron chi connectivity index (χ4n) is 2.51. The molecule has 0 bridgehead atoms. The van der Waals surface area contributed by atoms with Crippen LogP contribution in [-0.4, -0.2) is 9.78 Å². The molecule has 1 atom stereocenters. The summed E-state index contributed by atoms with van der Waals surface area (Å²) >= 11 is 6.30. The highest BCUT2D eigenvalue weighted by Gasteiger charge is 2.20. The molecule has 1 unspecified atom stereocenters. The number of halogens is 1. The van der Waals surface area contributed by atoms with Crippen molar-refractivity contribution in [2.75, 3.05) is 0 Å². The van der Waals surface area contributed by atoms with Gasteiger partial charge in [-0.15, -0.1) is 0 Å². The van der Waals surface area contributed by atoms with E-state index >= 15 is 0 Å². The zero-order valence-corrected chi connectivity index (χ0v) is 12.7. The summed E-state index contributed by atoms with van der Waals surface area (Å²) in [6.07, 6.45) is 0.604. The number of hydrogen-bond donors (Lipinski definition) is 2. The van der Waals surface area contributed by atoms with Gasteiger partial charge in [0.2, 0.25) is 0 Å². The second kappa shape index (κ2) is 5.52. The molecule has 2 heterocycles. The van der Waals surface area contributed by atoms with E-state index in [-0.39, 0.29) is 6.04 Å². The average Bonchev–Trinajstić information content (AvgIpc) is 3.00. The Morgan fingerprint density at radius 3 is 2.81 bits per heavy atom. The Hall–Kier alpha value is -1.82. The normalized spacial score (nSPS) is 13.0. The summed E-state index contributed by atoms with van der Waals surface area (Å²) in [6, 6.07) is 9.71. The third kappa shape index (κ3) is 2.55. The number of hydrogen-bond acceptors (Lipinski definition) is 4. The molecule has 0 fully saturated rings. The number of nitrogens with zero attached hydrogens (tertiary/aromatic N) is 2. The van der Waals surface area contributed by atoms with Gasteiger partial charge in [0.15, 0.2) is 0 Å². The van der Waals surface area contributed by atoms with E-state index in [0.717, 1.165) is 28.1 Å². The van der Waals surface area contributed by atoms with Gasteiger partial charge in [-0.2, -0.15) is 5.10 Å². The molecule has 5 nitrogen and oxygen atoms in total. The fourth-order valence-corrected chi connectivity index (χ4v) is 2.75. The number of nitrogens with one attached hydrogen (secondary N) is 1. The van der Waals surface area contributed by atoms with Crippen LogP contribution in [0.2, 0.25) is 5.02 Å². The monoisotopic (exact) mass is 304 g/mol. The molecule has 3 N–H and O–H groups in total. The molecule has 0 aliphatic heterocycles. The Morgan fingerprint density at radius 2 is 2.19 bits per heavy atom. The number of furan rings is 1. The molecule has 0 saturated heterocycles. The van der Waals surface area contributed by atoms with E-state index in [1.54, 1.807) is 4.68 Å². The van der Waals surface area contributed by atoms with Gasteiger partial charge < -0.3 is 4.42 Å². The van der Waals surface area contributed by atoms with Gasteiger partial charge in [0.1, 0.15) is 11.3 Å². The van der Waals surface area contributed by atoms with Gasteiger partial charge in [0.05, 0.1) is 22.5 Å². The highest BCUT2D eigenvalue weighted by Crippen LogP contribution is 2.28. The average molecular weight is 305 g/mol. The van der Waals surface area contributed by atoms with Gasteiger partial charge in [-0.3, -0.25) is 10.5 Å². The third-order valence-corrected chi connectivity index (χ3v) is 4.14. The quantitative estimate of drug-likeness (QED) is 0.574. The minimum Gasteiger partial charge on any atom is -0.459 e. The maximum Gasteiger partial charge on any atom is 0.134 e. The number of rotatable bonds is 4. The van der Waals surface area contributed by atoms with Crippen molar-refractivity contribution >= 4 is 22.6 Å². The molecular weight excluding hydrogens is 288 g/mol. The first-order chi connectivity index (χ1) is 10.1. The number of para-hydroxylation sites is 1. The van der Waals surface area contributed by atoms with Crippen molar-refractivity contribution in [3.05, 3.63) is 52.5 Å². The zero-order valence-electron chi connectivity index (χ0n) is 11.9. The molecule has 21 heavy (non-hydrogen) atoms. The smallest absolute Gasteiger partial charge is 0.134 e. The van der Waals surface area contributed by atoms with Gasteiger partial charge in [-0.25, -0.2) is 5.43 Å². The number of hydrazine groups is 1. The maximum absolute atomic E-state index is 6.30. The van der Waals surface area contributed by atoms with Gasteiger partial charge >= 0.3 is 0 Å². The first kappa shape index (κ1) is 14.1. The Balaban J connectivity index is 1.94. The highest BCUT2D eigenvalue weighted by atomic mass is 35.5. The van der Waals surface area contributed by atoms with E-state index in [1.807, 2.05) is 44.3 Å². The zero-order chi connectivity index (χ0) is 15.0. The van der Waals surface area contributed by atoms with Crippen LogP contribution in [0.25, 0.3) is 11.0 Å². The predicted molar refractivity (Wildman–Crippen MR) is 82.9 cm³/mol. The topological polar surface area (TPSA) is 69.0 Å². The Labute approximate surface area is 127 Å². The molecule has 0 aliphatic rings. The summed E-state index contributed by atoms with van der Waals surface area (Å²) in [5.41, 5.74) is 5.39. The standard InChI is InChI=1S/C15H17ClN4O/c1-9-15(16)12(20(2)19-9)8-11(18-17)14-7-10-5-3-4-6-13(10)21-14/h3-7,11,18H,8,17H2,1-2H3. The number of aryl methyl sites for hydroxylation is 2. The van der Waals surface area contributed by atoms with Gasteiger partial charge in [0.25, 0.3) is 0 Å². The van der Waals surface area contributed by atoms with Crippen LogP contribution >= 0.6 is 11.6 Å². The van der Waals surface area contributed by atoms with Crippen LogP contribution in [0.3, 0.4) is 0 Å². The van der Waals surface area contributed by atoms with Crippen LogP contribution in [0.1, 0.15) is 23.2 Å². The second-order valence-corrected chi connectivity index (χ2v) is 5.46. The fraction of sp³-hybridized carbons (Fsp3) is 0.267. The lowest BCUT2D eigenvalue weighted by atomic mass is 10.1. The van der Waals surface area contributed by atoms with Crippen LogP contribution in [0, 0.1) is 6.92 Å². The molecule has 6 heteroatoms. The van der Waals surface area contributed by atoms with Crippen LogP contribution in [0.4, 0.5) is 0 Å². The lowest BCUT2D eigenvalue weighted by molar-refractivity contribution is 0.427. The third-order valence-electron chi connectivity index (χ3n) is 3.65. The van der Waals surface area contributed by atoms with Crippen molar-refractivity contribution in [1.82, 2.24) is 15.2 Å². The Bertz CT molecular complexity index is 744. The van der Waals surface area contributed by atoms with E-state index in [0.29, 0.717) is 11.4 Å². The van der Waals surface area contributed by atoms with Gasteiger partial charge in [-0.05, 0) is 19.1 Å². The first-order valence-electron chi connectivity index (χ1n) is 6.72. The maximum atomic E-state index is 6.30. The molecule has 0 spiro atoms. The minimum atomic E-state index is -0.162. The number of benzene rings is 1. The van der Waals surface area contributed by atoms with Crippen LogP contribution in [0.15, 0.2) is 34.7 Å². The molecule has 110 valence electrons. The molecule has 0 saturated carbocycles. The summed E-state index contributed by atoms with van der Waals surface area (Å²) in [4.78, 5) is 0. The minimum absolute atomic E-state index is 0.162. The van der Waals surface area contributed by atoms with Crippen LogP contribution in [0.5, 0.6) is 0 Å². The molecule has 1 aromatic carbocycles. The Morgan fingerprint density at radius 1 is 1.43 bits per heavy atom. The van der Waals surface area contributed by atoms with E-state index in [1.165, 1.54) is 0 Å². The SMILES string of the molecule is Cc1nn(C)c(CC(NN)c2cc3ccccc3o2)c1Cl. The van der Waals surface area contributed by atoms with Gasteiger partial charge in [0, 0.05) is 18.9 Å². The van der Waals surface area contributed by atoms with Crippen molar-refractivity contribution in [2.24, 2.45) is 12.9 Å². The first-order valence-corrected chi connectivity index (χ1v) is 7.10. The number of nitrogens with two attached hydrogens (primary N) is 1. The summed E-state index contributed by atoms with van der Waals surface area (Å²) in [7, 11) is 1.88. The Kier molecular flexibility index (Phi) is 3.71. The summed E-state index contributed by atoms with van der Waals surface area (Å²) in [6.45, 7) is 1.89. The number of aromatic nitrogens is 2. The van der Waals surface area contributed by atoms with Gasteiger partial charge in [-0.1, -0.05) is 29.8 Å². The van der Waals surface area contributed by atoms with Crippen molar-refractivity contribution in [2.45, 2.75) is 19.4 Å². The second-order valence-electron chi connectivity index (χ2n) is 5.08. The van der Waals surface area contributed by atoms with E-state index in [4.69, 9.17) is 21.9 Å². The molecule has 0 amide bonds. The largest absolute Gasteiger partial charge is 0.459 e. The molecular formula is C15H17ClN4O. The molecule has 0 radical (unpaired) electrons. The summed E-state index contributed by atoms with van der Waals surface area (Å²) < 4.78 is 7.65. The van der Waals surface area contributed by atoms with Crippen LogP contribution < -0.4 is 11.3 Å². The van der Waals surface area contributed by atoms with Crippen molar-refractivity contribution < 1.29 is 4.42 Å². The molecule has 3 rings (SSSR count). The van der Waals surface area contributed by atoms with Crippen molar-refractivity contribution in [3.8, 4) is 0 Å². The lowest BCUT2D eigenvalue weighted by Crippen LogP contribution is -2.29. The number of fused-ring (bicyclic) bond motifs is 1.